The van der Waals surface area contributed by atoms with Gasteiger partial charge >= 0.3 is 5.69 Å². The molecule has 0 aliphatic rings. The first-order chi connectivity index (χ1) is 8.16. The summed E-state index contributed by atoms with van der Waals surface area (Å²) in [5, 5.41) is 11.2. The number of nitro groups is 1. The second-order valence-electron chi connectivity index (χ2n) is 2.72. The van der Waals surface area contributed by atoms with E-state index in [0.717, 1.165) is 18.0 Å². The van der Waals surface area contributed by atoms with Crippen LogP contribution in [-0.4, -0.2) is 24.9 Å². The van der Waals surface area contributed by atoms with E-state index in [2.05, 4.69) is 19.9 Å². The van der Waals surface area contributed by atoms with Crippen LogP contribution in [0.3, 0.4) is 0 Å². The average molecular weight is 270 g/mol. The quantitative estimate of drug-likeness (QED) is 0.364. The summed E-state index contributed by atoms with van der Waals surface area (Å²) in [5.74, 6) is 0. The fraction of sp³-hybridized carbons (Fsp3) is 0. The highest BCUT2D eigenvalue weighted by molar-refractivity contribution is 7.99. The lowest BCUT2D eigenvalue weighted by molar-refractivity contribution is -0.388. The molecule has 0 bridgehead atoms. The van der Waals surface area contributed by atoms with Crippen molar-refractivity contribution in [1.29, 1.82) is 0 Å². The fourth-order valence-electron chi connectivity index (χ4n) is 0.964. The lowest BCUT2D eigenvalue weighted by Crippen LogP contribution is -1.96. The van der Waals surface area contributed by atoms with Gasteiger partial charge in [-0.25, -0.2) is 19.9 Å². The van der Waals surface area contributed by atoms with Gasteiger partial charge in [0.15, 0.2) is 10.2 Å². The molecule has 17 heavy (non-hydrogen) atoms. The zero-order valence-electron chi connectivity index (χ0n) is 8.15. The topological polar surface area (TPSA) is 94.7 Å². The van der Waals surface area contributed by atoms with Gasteiger partial charge < -0.3 is 0 Å². The van der Waals surface area contributed by atoms with Gasteiger partial charge in [-0.1, -0.05) is 0 Å². The maximum absolute atomic E-state index is 10.8. The number of hydrogen-bond donors (Lipinski definition) is 0. The molecule has 0 saturated heterocycles. The zero-order chi connectivity index (χ0) is 12.3. The van der Waals surface area contributed by atoms with E-state index < -0.39 is 4.92 Å². The highest BCUT2D eigenvalue weighted by atomic mass is 35.5. The number of rotatable bonds is 3. The van der Waals surface area contributed by atoms with Crippen LogP contribution in [0, 0.1) is 10.1 Å². The van der Waals surface area contributed by atoms with Crippen molar-refractivity contribution in [2.75, 3.05) is 0 Å². The van der Waals surface area contributed by atoms with E-state index in [4.69, 9.17) is 11.6 Å². The third-order valence-corrected chi connectivity index (χ3v) is 2.70. The third-order valence-electron chi connectivity index (χ3n) is 1.63. The van der Waals surface area contributed by atoms with Crippen LogP contribution in [0.1, 0.15) is 0 Å². The van der Waals surface area contributed by atoms with Gasteiger partial charge in [-0.3, -0.25) is 10.1 Å². The second-order valence-corrected chi connectivity index (χ2v) is 4.01. The van der Waals surface area contributed by atoms with E-state index >= 15 is 0 Å². The molecule has 2 heterocycles. The lowest BCUT2D eigenvalue weighted by Gasteiger charge is -2.00. The van der Waals surface area contributed by atoms with Crippen LogP contribution < -0.4 is 0 Å². The van der Waals surface area contributed by atoms with Crippen molar-refractivity contribution in [1.82, 2.24) is 19.9 Å². The van der Waals surface area contributed by atoms with Gasteiger partial charge in [-0.15, -0.1) is 0 Å². The standard InChI is InChI=1S/C8H4ClN5O2S/c9-7-12-4-5(14(15)16)6(13-7)17-8-10-2-1-3-11-8/h1-4H. The molecule has 0 aliphatic carbocycles. The minimum Gasteiger partial charge on any atom is -0.258 e. The largest absolute Gasteiger partial charge is 0.320 e. The Morgan fingerprint density at radius 3 is 2.65 bits per heavy atom. The van der Waals surface area contributed by atoms with Crippen molar-refractivity contribution in [2.45, 2.75) is 10.2 Å². The van der Waals surface area contributed by atoms with Crippen LogP contribution in [-0.2, 0) is 0 Å². The molecule has 0 amide bonds. The van der Waals surface area contributed by atoms with Gasteiger partial charge in [-0.2, -0.15) is 0 Å². The van der Waals surface area contributed by atoms with Crippen LogP contribution in [0.2, 0.25) is 5.28 Å². The molecule has 86 valence electrons. The molecule has 7 nitrogen and oxygen atoms in total. The van der Waals surface area contributed by atoms with Crippen molar-refractivity contribution < 1.29 is 4.92 Å². The summed E-state index contributed by atoms with van der Waals surface area (Å²) in [6.45, 7) is 0. The summed E-state index contributed by atoms with van der Waals surface area (Å²) >= 11 is 6.55. The van der Waals surface area contributed by atoms with Crippen LogP contribution in [0.4, 0.5) is 5.69 Å². The van der Waals surface area contributed by atoms with Gasteiger partial charge in [0.2, 0.25) is 5.28 Å². The fourth-order valence-corrected chi connectivity index (χ4v) is 1.91. The van der Waals surface area contributed by atoms with Gasteiger partial charge in [0.1, 0.15) is 6.20 Å². The van der Waals surface area contributed by atoms with Gasteiger partial charge in [0.25, 0.3) is 0 Å². The van der Waals surface area contributed by atoms with E-state index in [-0.39, 0.29) is 16.0 Å². The van der Waals surface area contributed by atoms with Gasteiger partial charge in [0, 0.05) is 12.4 Å². The second kappa shape index (κ2) is 5.02. The summed E-state index contributed by atoms with van der Waals surface area (Å²) in [5.41, 5.74) is -0.230. The SMILES string of the molecule is O=[N+]([O-])c1cnc(Cl)nc1Sc1ncccn1. The van der Waals surface area contributed by atoms with Crippen LogP contribution in [0.15, 0.2) is 34.8 Å². The monoisotopic (exact) mass is 269 g/mol. The first-order valence-electron chi connectivity index (χ1n) is 4.28. The van der Waals surface area contributed by atoms with Gasteiger partial charge in [-0.05, 0) is 29.4 Å². The van der Waals surface area contributed by atoms with E-state index in [0.29, 0.717) is 5.16 Å². The molecule has 0 atom stereocenters. The van der Waals surface area contributed by atoms with E-state index in [9.17, 15) is 10.1 Å². The Kier molecular flexibility index (Phi) is 3.45. The minimum atomic E-state index is -0.582. The Hall–Kier alpha value is -1.80. The first kappa shape index (κ1) is 11.7. The molecule has 0 radical (unpaired) electrons. The van der Waals surface area contributed by atoms with E-state index in [1.807, 2.05) is 0 Å². The molecule has 9 heteroatoms. The van der Waals surface area contributed by atoms with Crippen molar-refractivity contribution >= 4 is 29.1 Å². The molecular weight excluding hydrogens is 266 g/mol. The zero-order valence-corrected chi connectivity index (χ0v) is 9.72. The Bertz CT molecular complexity index is 553. The number of halogens is 1. The molecule has 0 N–H and O–H groups in total. The molecule has 0 spiro atoms. The molecule has 0 unspecified atom stereocenters. The van der Waals surface area contributed by atoms with Crippen molar-refractivity contribution in [3.63, 3.8) is 0 Å². The highest BCUT2D eigenvalue weighted by Gasteiger charge is 2.18. The molecule has 0 aliphatic heterocycles. The van der Waals surface area contributed by atoms with Crippen LogP contribution in [0.25, 0.3) is 0 Å². The summed E-state index contributed by atoms with van der Waals surface area (Å²) in [6, 6.07) is 1.64. The maximum atomic E-state index is 10.8. The predicted octanol–water partition coefficient (Wildman–Crippen LogP) is 1.98. The summed E-state index contributed by atoms with van der Waals surface area (Å²) in [6.07, 6.45) is 4.12. The molecule has 0 fully saturated rings. The smallest absolute Gasteiger partial charge is 0.258 e. The predicted molar refractivity (Wildman–Crippen MR) is 59.9 cm³/mol. The van der Waals surface area contributed by atoms with Crippen molar-refractivity contribution in [3.8, 4) is 0 Å². The molecular formula is C8H4ClN5O2S. The van der Waals surface area contributed by atoms with E-state index in [1.165, 1.54) is 12.4 Å². The first-order valence-corrected chi connectivity index (χ1v) is 5.48. The van der Waals surface area contributed by atoms with Crippen LogP contribution in [0.5, 0.6) is 0 Å². The minimum absolute atomic E-state index is 0.0611. The van der Waals surface area contributed by atoms with Crippen LogP contribution >= 0.6 is 23.4 Å². The summed E-state index contributed by atoms with van der Waals surface area (Å²) in [7, 11) is 0. The van der Waals surface area contributed by atoms with E-state index in [1.54, 1.807) is 6.07 Å². The molecule has 0 aromatic carbocycles. The Morgan fingerprint density at radius 1 is 1.29 bits per heavy atom. The summed E-state index contributed by atoms with van der Waals surface area (Å²) < 4.78 is 0. The normalized spacial score (nSPS) is 10.2. The summed E-state index contributed by atoms with van der Waals surface area (Å²) in [4.78, 5) is 25.4. The number of nitrogens with zero attached hydrogens (tertiary/aromatic N) is 5. The van der Waals surface area contributed by atoms with Crippen molar-refractivity contribution in [2.24, 2.45) is 0 Å². The highest BCUT2D eigenvalue weighted by Crippen LogP contribution is 2.30. The van der Waals surface area contributed by atoms with Crippen molar-refractivity contribution in [3.05, 3.63) is 40.1 Å². The third kappa shape index (κ3) is 2.86. The average Bonchev–Trinajstić information content (AvgIpc) is 2.30. The molecule has 2 rings (SSSR count). The lowest BCUT2D eigenvalue weighted by atomic mass is 10.6. The maximum Gasteiger partial charge on any atom is 0.320 e. The molecule has 0 saturated carbocycles. The Morgan fingerprint density at radius 2 is 2.00 bits per heavy atom. The Labute approximate surface area is 104 Å². The molecule has 2 aromatic heterocycles. The Balaban J connectivity index is 2.37. The molecule has 2 aromatic rings. The van der Waals surface area contributed by atoms with Gasteiger partial charge in [0.05, 0.1) is 4.92 Å². The number of hydrogen-bond acceptors (Lipinski definition) is 7. The number of aromatic nitrogens is 4.